The third-order valence-electron chi connectivity index (χ3n) is 1.75. The smallest absolute Gasteiger partial charge is 0.260 e. The number of benzene rings is 1. The van der Waals surface area contributed by atoms with Crippen LogP contribution in [-0.4, -0.2) is 4.98 Å². The van der Waals surface area contributed by atoms with Crippen molar-refractivity contribution in [1.82, 2.24) is 4.98 Å². The van der Waals surface area contributed by atoms with E-state index in [0.29, 0.717) is 11.8 Å². The monoisotopic (exact) mass is 206 g/mol. The summed E-state index contributed by atoms with van der Waals surface area (Å²) >= 11 is 1.49. The van der Waals surface area contributed by atoms with Crippen molar-refractivity contribution in [2.24, 2.45) is 5.73 Å². The first-order valence-electron chi connectivity index (χ1n) is 4.25. The molecule has 0 aliphatic rings. The Labute approximate surface area is 86.3 Å². The van der Waals surface area contributed by atoms with Crippen molar-refractivity contribution < 1.29 is 4.42 Å². The highest BCUT2D eigenvalue weighted by atomic mass is 32.2. The molecule has 72 valence electrons. The topological polar surface area (TPSA) is 52.0 Å². The van der Waals surface area contributed by atoms with Crippen LogP contribution < -0.4 is 5.73 Å². The average Bonchev–Trinajstić information content (AvgIpc) is 2.71. The number of aromatic nitrogens is 1. The lowest BCUT2D eigenvalue weighted by Gasteiger charge is -1.99. The standard InChI is InChI=1S/C10H10N2OS/c11-7-8-2-1-3-9(6-8)14-10-12-4-5-13-10/h1-6H,7,11H2. The summed E-state index contributed by atoms with van der Waals surface area (Å²) in [4.78, 5) is 5.13. The summed E-state index contributed by atoms with van der Waals surface area (Å²) < 4.78 is 5.13. The van der Waals surface area contributed by atoms with Gasteiger partial charge in [-0.3, -0.25) is 0 Å². The molecule has 0 bridgehead atoms. The van der Waals surface area contributed by atoms with E-state index < -0.39 is 0 Å². The van der Waals surface area contributed by atoms with E-state index in [1.807, 2.05) is 24.3 Å². The van der Waals surface area contributed by atoms with E-state index in [1.165, 1.54) is 11.8 Å². The highest BCUT2D eigenvalue weighted by Crippen LogP contribution is 2.26. The highest BCUT2D eigenvalue weighted by Gasteiger charge is 2.01. The number of rotatable bonds is 3. The van der Waals surface area contributed by atoms with E-state index in [2.05, 4.69) is 4.98 Å². The molecule has 0 fully saturated rings. The summed E-state index contributed by atoms with van der Waals surface area (Å²) in [5.74, 6) is 0. The summed E-state index contributed by atoms with van der Waals surface area (Å²) in [6.07, 6.45) is 3.20. The molecule has 2 aromatic rings. The predicted molar refractivity (Wildman–Crippen MR) is 55.0 cm³/mol. The van der Waals surface area contributed by atoms with Crippen LogP contribution in [0.15, 0.2) is 51.3 Å². The summed E-state index contributed by atoms with van der Waals surface area (Å²) in [7, 11) is 0. The Morgan fingerprint density at radius 3 is 3.07 bits per heavy atom. The van der Waals surface area contributed by atoms with Gasteiger partial charge in [0, 0.05) is 11.4 Å². The van der Waals surface area contributed by atoms with E-state index >= 15 is 0 Å². The highest BCUT2D eigenvalue weighted by molar-refractivity contribution is 7.99. The Bertz CT molecular complexity index is 400. The molecule has 0 radical (unpaired) electrons. The SMILES string of the molecule is NCc1cccc(Sc2ncco2)c1. The molecule has 0 aliphatic heterocycles. The molecule has 1 aromatic heterocycles. The van der Waals surface area contributed by atoms with Crippen LogP contribution >= 0.6 is 11.8 Å². The van der Waals surface area contributed by atoms with Gasteiger partial charge < -0.3 is 10.2 Å². The lowest BCUT2D eigenvalue weighted by Crippen LogP contribution is -1.95. The molecule has 0 amide bonds. The van der Waals surface area contributed by atoms with Crippen LogP contribution in [0.4, 0.5) is 0 Å². The number of hydrogen-bond acceptors (Lipinski definition) is 4. The van der Waals surface area contributed by atoms with Crippen LogP contribution in [0.3, 0.4) is 0 Å². The fourth-order valence-corrected chi connectivity index (χ4v) is 1.87. The molecule has 0 aliphatic carbocycles. The molecule has 2 rings (SSSR count). The molecular weight excluding hydrogens is 196 g/mol. The van der Waals surface area contributed by atoms with Gasteiger partial charge in [0.15, 0.2) is 0 Å². The molecular formula is C10H10N2OS. The third kappa shape index (κ3) is 2.16. The number of hydrogen-bond donors (Lipinski definition) is 1. The molecule has 14 heavy (non-hydrogen) atoms. The van der Waals surface area contributed by atoms with Crippen molar-refractivity contribution in [2.45, 2.75) is 16.7 Å². The Hall–Kier alpha value is -1.26. The van der Waals surface area contributed by atoms with Gasteiger partial charge in [-0.05, 0) is 29.5 Å². The zero-order valence-corrected chi connectivity index (χ0v) is 8.33. The van der Waals surface area contributed by atoms with Crippen molar-refractivity contribution in [2.75, 3.05) is 0 Å². The van der Waals surface area contributed by atoms with Gasteiger partial charge in [-0.15, -0.1) is 0 Å². The Balaban J connectivity index is 2.17. The second kappa shape index (κ2) is 4.30. The summed E-state index contributed by atoms with van der Waals surface area (Å²) in [6, 6.07) is 8.02. The molecule has 0 saturated heterocycles. The van der Waals surface area contributed by atoms with Crippen LogP contribution in [0.5, 0.6) is 0 Å². The molecule has 1 aromatic carbocycles. The van der Waals surface area contributed by atoms with Gasteiger partial charge in [0.25, 0.3) is 5.22 Å². The molecule has 1 heterocycles. The van der Waals surface area contributed by atoms with Crippen LogP contribution in [-0.2, 0) is 6.54 Å². The minimum atomic E-state index is 0.556. The quantitative estimate of drug-likeness (QED) is 0.837. The van der Waals surface area contributed by atoms with Crippen LogP contribution in [0, 0.1) is 0 Å². The van der Waals surface area contributed by atoms with Gasteiger partial charge in [0.2, 0.25) is 0 Å². The molecule has 4 heteroatoms. The molecule has 0 spiro atoms. The Morgan fingerprint density at radius 1 is 1.43 bits per heavy atom. The van der Waals surface area contributed by atoms with Gasteiger partial charge in [-0.25, -0.2) is 4.98 Å². The summed E-state index contributed by atoms with van der Waals surface area (Å²) in [5.41, 5.74) is 6.66. The second-order valence-corrected chi connectivity index (χ2v) is 3.78. The normalized spacial score (nSPS) is 10.4. The van der Waals surface area contributed by atoms with Gasteiger partial charge >= 0.3 is 0 Å². The van der Waals surface area contributed by atoms with Gasteiger partial charge in [0.05, 0.1) is 6.20 Å². The van der Waals surface area contributed by atoms with Crippen molar-refractivity contribution in [3.05, 3.63) is 42.3 Å². The predicted octanol–water partition coefficient (Wildman–Crippen LogP) is 2.28. The summed E-state index contributed by atoms with van der Waals surface area (Å²) in [6.45, 7) is 0.556. The van der Waals surface area contributed by atoms with Gasteiger partial charge in [-0.1, -0.05) is 12.1 Å². The fraction of sp³-hybridized carbons (Fsp3) is 0.100. The van der Waals surface area contributed by atoms with Crippen LogP contribution in [0.25, 0.3) is 0 Å². The van der Waals surface area contributed by atoms with E-state index in [-0.39, 0.29) is 0 Å². The van der Waals surface area contributed by atoms with Gasteiger partial charge in [0.1, 0.15) is 6.26 Å². The van der Waals surface area contributed by atoms with Crippen molar-refractivity contribution in [3.63, 3.8) is 0 Å². The molecule has 3 nitrogen and oxygen atoms in total. The molecule has 2 N–H and O–H groups in total. The molecule has 0 unspecified atom stereocenters. The minimum Gasteiger partial charge on any atom is -0.440 e. The molecule has 0 saturated carbocycles. The Morgan fingerprint density at radius 2 is 2.36 bits per heavy atom. The molecule has 0 atom stereocenters. The maximum absolute atomic E-state index is 5.54. The van der Waals surface area contributed by atoms with Crippen LogP contribution in [0.2, 0.25) is 0 Å². The van der Waals surface area contributed by atoms with Crippen molar-refractivity contribution in [3.8, 4) is 0 Å². The minimum absolute atomic E-state index is 0.556. The van der Waals surface area contributed by atoms with E-state index in [1.54, 1.807) is 12.5 Å². The first-order chi connectivity index (χ1) is 6.88. The lowest BCUT2D eigenvalue weighted by atomic mass is 10.2. The largest absolute Gasteiger partial charge is 0.440 e. The maximum atomic E-state index is 5.54. The van der Waals surface area contributed by atoms with Crippen molar-refractivity contribution >= 4 is 11.8 Å². The second-order valence-electron chi connectivity index (χ2n) is 2.75. The third-order valence-corrected chi connectivity index (χ3v) is 2.61. The number of nitrogens with zero attached hydrogens (tertiary/aromatic N) is 1. The van der Waals surface area contributed by atoms with Gasteiger partial charge in [-0.2, -0.15) is 0 Å². The van der Waals surface area contributed by atoms with E-state index in [0.717, 1.165) is 10.5 Å². The Kier molecular flexibility index (Phi) is 2.86. The maximum Gasteiger partial charge on any atom is 0.260 e. The average molecular weight is 206 g/mol. The fourth-order valence-electron chi connectivity index (χ4n) is 1.10. The van der Waals surface area contributed by atoms with Crippen LogP contribution in [0.1, 0.15) is 5.56 Å². The first-order valence-corrected chi connectivity index (χ1v) is 5.06. The van der Waals surface area contributed by atoms with E-state index in [9.17, 15) is 0 Å². The first kappa shape index (κ1) is 9.30. The lowest BCUT2D eigenvalue weighted by molar-refractivity contribution is 0.454. The zero-order valence-electron chi connectivity index (χ0n) is 7.51. The van der Waals surface area contributed by atoms with Crippen molar-refractivity contribution in [1.29, 1.82) is 0 Å². The number of nitrogens with two attached hydrogens (primary N) is 1. The number of oxazole rings is 1. The summed E-state index contributed by atoms with van der Waals surface area (Å²) in [5, 5.41) is 0.652. The zero-order chi connectivity index (χ0) is 9.80. The van der Waals surface area contributed by atoms with E-state index in [4.69, 9.17) is 10.2 Å².